The maximum Gasteiger partial charge on any atom is 0.328 e. The number of rotatable bonds is 12. The second-order valence-electron chi connectivity index (χ2n) is 11.1. The Balaban J connectivity index is 1.23. The minimum absolute atomic E-state index is 0.0178. The van der Waals surface area contributed by atoms with Gasteiger partial charge in [0, 0.05) is 30.2 Å². The van der Waals surface area contributed by atoms with Gasteiger partial charge in [0.25, 0.3) is 0 Å². The first kappa shape index (κ1) is 33.6. The van der Waals surface area contributed by atoms with Crippen LogP contribution in [0.2, 0.25) is 0 Å². The van der Waals surface area contributed by atoms with Gasteiger partial charge in [-0.2, -0.15) is 0 Å². The maximum absolute atomic E-state index is 12.7. The van der Waals surface area contributed by atoms with Gasteiger partial charge in [-0.1, -0.05) is 109 Å². The lowest BCUT2D eigenvalue weighted by atomic mass is 9.91. The van der Waals surface area contributed by atoms with Crippen molar-refractivity contribution < 1.29 is 28.9 Å². The number of benzene rings is 3. The van der Waals surface area contributed by atoms with E-state index in [9.17, 15) is 14.7 Å². The molecule has 1 saturated heterocycles. The second-order valence-corrected chi connectivity index (χ2v) is 13.5. The van der Waals surface area contributed by atoms with Crippen LogP contribution in [0.1, 0.15) is 52.1 Å². The Bertz CT molecular complexity index is 1570. The van der Waals surface area contributed by atoms with Crippen LogP contribution in [0.25, 0.3) is 0 Å². The van der Waals surface area contributed by atoms with Crippen molar-refractivity contribution in [2.45, 2.75) is 62.3 Å². The quantitative estimate of drug-likeness (QED) is 0.133. The number of carbonyl (C=O) groups excluding carboxylic acids is 2. The van der Waals surface area contributed by atoms with Crippen molar-refractivity contribution in [2.24, 2.45) is 5.92 Å². The molecular weight excluding hydrogens is 625 g/mol. The Labute approximate surface area is 276 Å². The molecule has 1 aliphatic rings. The Kier molecular flexibility index (Phi) is 11.8. The summed E-state index contributed by atoms with van der Waals surface area (Å²) in [7, 11) is 1.30. The number of thioether (sulfide) groups is 1. The molecule has 0 bridgehead atoms. The van der Waals surface area contributed by atoms with Crippen molar-refractivity contribution in [3.05, 3.63) is 112 Å². The molecule has 5 atom stereocenters. The molecule has 46 heavy (non-hydrogen) atoms. The molecule has 1 aromatic heterocycles. The normalized spacial score (nSPS) is 20.1. The third kappa shape index (κ3) is 8.92. The fourth-order valence-corrected chi connectivity index (χ4v) is 7.17. The van der Waals surface area contributed by atoms with Crippen LogP contribution >= 0.6 is 23.1 Å². The number of aryl methyl sites for hydroxylation is 1. The predicted octanol–water partition coefficient (Wildman–Crippen LogP) is 5.51. The molecule has 5 rings (SSSR count). The molecule has 242 valence electrons. The zero-order valence-electron chi connectivity index (χ0n) is 25.9. The van der Waals surface area contributed by atoms with Gasteiger partial charge in [-0.3, -0.25) is 0 Å². The first-order chi connectivity index (χ1) is 22.3. The van der Waals surface area contributed by atoms with Gasteiger partial charge in [0.15, 0.2) is 10.6 Å². The standard InChI is InChI=1S/C34H38N4O6S2/c1-21-29(20-45-34-38-37-22(2)46-34)43-32(44-30(21)26-13-11-25(19-39)12-14-26)27-15-9-24(10-16-27)18-35-33(41)36-28(31(40)42-3)17-23-7-5-4-6-8-23/h4-16,21,28-30,32,39H,17-20H2,1-3H3,(H2,35,36,41)/t21-,28-,29+,30+,32+/m0/s1. The SMILES string of the molecule is COC(=O)[C@H](Cc1ccccc1)NC(=O)NCc1ccc([C@@H]2O[C@H](CSc3nnc(C)s3)[C@H](C)[C@H](c3ccc(CO)cc3)O2)cc1. The molecule has 1 fully saturated rings. The number of urea groups is 1. The van der Waals surface area contributed by atoms with Crippen LogP contribution < -0.4 is 10.6 Å². The summed E-state index contributed by atoms with van der Waals surface area (Å²) in [6.45, 7) is 4.31. The highest BCUT2D eigenvalue weighted by atomic mass is 32.2. The molecule has 0 unspecified atom stereocenters. The molecule has 4 aromatic rings. The highest BCUT2D eigenvalue weighted by molar-refractivity contribution is 8.01. The molecule has 2 amide bonds. The van der Waals surface area contributed by atoms with Crippen molar-refractivity contribution in [2.75, 3.05) is 12.9 Å². The van der Waals surface area contributed by atoms with E-state index in [4.69, 9.17) is 14.2 Å². The summed E-state index contributed by atoms with van der Waals surface area (Å²) in [5, 5.41) is 24.4. The predicted molar refractivity (Wildman–Crippen MR) is 176 cm³/mol. The van der Waals surface area contributed by atoms with Crippen LogP contribution in [0.15, 0.2) is 83.2 Å². The number of aliphatic hydroxyl groups is 1. The Hall–Kier alpha value is -3.81. The van der Waals surface area contributed by atoms with Gasteiger partial charge in [0.2, 0.25) is 0 Å². The minimum atomic E-state index is -0.812. The molecule has 0 saturated carbocycles. The summed E-state index contributed by atoms with van der Waals surface area (Å²) in [6.07, 6.45) is -0.636. The summed E-state index contributed by atoms with van der Waals surface area (Å²) in [6, 6.07) is 23.7. The van der Waals surface area contributed by atoms with E-state index in [2.05, 4.69) is 27.8 Å². The Morgan fingerprint density at radius 2 is 1.65 bits per heavy atom. The smallest absolute Gasteiger partial charge is 0.328 e. The van der Waals surface area contributed by atoms with Crippen LogP contribution in [0, 0.1) is 12.8 Å². The highest BCUT2D eigenvalue weighted by Gasteiger charge is 2.38. The molecule has 3 N–H and O–H groups in total. The van der Waals surface area contributed by atoms with Crippen molar-refractivity contribution in [3.63, 3.8) is 0 Å². The van der Waals surface area contributed by atoms with Gasteiger partial charge in [0.1, 0.15) is 11.0 Å². The summed E-state index contributed by atoms with van der Waals surface area (Å²) >= 11 is 3.19. The number of aromatic nitrogens is 2. The third-order valence-electron chi connectivity index (χ3n) is 7.78. The van der Waals surface area contributed by atoms with Gasteiger partial charge in [-0.25, -0.2) is 9.59 Å². The highest BCUT2D eigenvalue weighted by Crippen LogP contribution is 2.43. The fourth-order valence-electron chi connectivity index (χ4n) is 5.17. The van der Waals surface area contributed by atoms with Crippen LogP contribution in [-0.2, 0) is 38.6 Å². The van der Waals surface area contributed by atoms with E-state index in [0.717, 1.165) is 37.2 Å². The molecule has 10 nitrogen and oxygen atoms in total. The number of esters is 1. The number of methoxy groups -OCH3 is 1. The van der Waals surface area contributed by atoms with Crippen LogP contribution in [0.3, 0.4) is 0 Å². The topological polar surface area (TPSA) is 132 Å². The number of nitrogens with one attached hydrogen (secondary N) is 2. The summed E-state index contributed by atoms with van der Waals surface area (Å²) in [5.74, 6) is 0.229. The Morgan fingerprint density at radius 1 is 0.957 bits per heavy atom. The van der Waals surface area contributed by atoms with E-state index >= 15 is 0 Å². The van der Waals surface area contributed by atoms with E-state index in [1.165, 1.54) is 7.11 Å². The van der Waals surface area contributed by atoms with E-state index < -0.39 is 24.3 Å². The zero-order valence-corrected chi connectivity index (χ0v) is 27.6. The number of nitrogens with zero attached hydrogens (tertiary/aromatic N) is 2. The minimum Gasteiger partial charge on any atom is -0.467 e. The zero-order chi connectivity index (χ0) is 32.5. The van der Waals surface area contributed by atoms with Gasteiger partial charge in [-0.05, 0) is 29.2 Å². The first-order valence-electron chi connectivity index (χ1n) is 15.0. The van der Waals surface area contributed by atoms with Crippen molar-refractivity contribution in [1.29, 1.82) is 0 Å². The molecule has 0 aliphatic carbocycles. The number of hydrogen-bond acceptors (Lipinski definition) is 10. The van der Waals surface area contributed by atoms with Gasteiger partial charge >= 0.3 is 12.0 Å². The molecule has 2 heterocycles. The monoisotopic (exact) mass is 662 g/mol. The third-order valence-corrected chi connectivity index (χ3v) is 9.84. The molecule has 0 radical (unpaired) electrons. The number of hydrogen-bond donors (Lipinski definition) is 3. The van der Waals surface area contributed by atoms with Crippen LogP contribution in [0.5, 0.6) is 0 Å². The first-order valence-corrected chi connectivity index (χ1v) is 16.8. The largest absolute Gasteiger partial charge is 0.467 e. The van der Waals surface area contributed by atoms with E-state index in [1.807, 2.05) is 85.8 Å². The fraction of sp³-hybridized carbons (Fsp3) is 0.353. The molecule has 0 spiro atoms. The lowest BCUT2D eigenvalue weighted by Crippen LogP contribution is -2.47. The maximum atomic E-state index is 12.7. The van der Waals surface area contributed by atoms with Crippen LogP contribution in [0.4, 0.5) is 4.79 Å². The number of amides is 2. The molecular formula is C34H38N4O6S2. The summed E-state index contributed by atoms with van der Waals surface area (Å²) < 4.78 is 18.9. The second kappa shape index (κ2) is 16.1. The van der Waals surface area contributed by atoms with Crippen LogP contribution in [-0.4, -0.2) is 52.3 Å². The molecule has 3 aromatic carbocycles. The summed E-state index contributed by atoms with van der Waals surface area (Å²) in [5.41, 5.74) is 4.50. The Morgan fingerprint density at radius 3 is 2.30 bits per heavy atom. The van der Waals surface area contributed by atoms with Gasteiger partial charge < -0.3 is 30.0 Å². The number of ether oxygens (including phenoxy) is 3. The van der Waals surface area contributed by atoms with Crippen molar-refractivity contribution in [3.8, 4) is 0 Å². The average Bonchev–Trinajstić information content (AvgIpc) is 3.51. The summed E-state index contributed by atoms with van der Waals surface area (Å²) in [4.78, 5) is 25.0. The lowest BCUT2D eigenvalue weighted by Gasteiger charge is -2.41. The number of aliphatic hydroxyl groups excluding tert-OH is 1. The molecule has 1 aliphatic heterocycles. The lowest BCUT2D eigenvalue weighted by molar-refractivity contribution is -0.268. The van der Waals surface area contributed by atoms with E-state index in [1.54, 1.807) is 23.1 Å². The van der Waals surface area contributed by atoms with Gasteiger partial charge in [-0.15, -0.1) is 10.2 Å². The van der Waals surface area contributed by atoms with Crippen molar-refractivity contribution in [1.82, 2.24) is 20.8 Å². The van der Waals surface area contributed by atoms with E-state index in [-0.39, 0.29) is 31.3 Å². The number of carbonyl (C=O) groups is 2. The average molecular weight is 663 g/mol. The van der Waals surface area contributed by atoms with Gasteiger partial charge in [0.05, 0.1) is 25.9 Å². The van der Waals surface area contributed by atoms with E-state index in [0.29, 0.717) is 12.2 Å². The molecule has 12 heteroatoms. The van der Waals surface area contributed by atoms with Crippen molar-refractivity contribution >= 4 is 35.1 Å².